The Morgan fingerprint density at radius 3 is 2.88 bits per heavy atom. The van der Waals surface area contributed by atoms with E-state index in [-0.39, 0.29) is 23.8 Å². The fraction of sp³-hybridized carbons (Fsp3) is 0.818. The van der Waals surface area contributed by atoms with Crippen molar-refractivity contribution >= 4 is 11.8 Å². The third-order valence-electron chi connectivity index (χ3n) is 3.41. The number of likely N-dealkylation sites (N-methyl/N-ethyl adjacent to an activating group) is 1. The molecule has 0 spiro atoms. The van der Waals surface area contributed by atoms with E-state index < -0.39 is 0 Å². The summed E-state index contributed by atoms with van der Waals surface area (Å²) in [6, 6.07) is -0.292. The van der Waals surface area contributed by atoms with Crippen LogP contribution in [0, 0.1) is 5.92 Å². The lowest BCUT2D eigenvalue weighted by atomic mass is 9.98. The van der Waals surface area contributed by atoms with E-state index >= 15 is 0 Å². The largest absolute Gasteiger partial charge is 0.344 e. The van der Waals surface area contributed by atoms with E-state index in [2.05, 4.69) is 10.6 Å². The number of hydrogen-bond donors (Lipinski definition) is 2. The molecule has 2 saturated heterocycles. The summed E-state index contributed by atoms with van der Waals surface area (Å²) in [5.74, 6) is 0.102. The van der Waals surface area contributed by atoms with Crippen LogP contribution in [0.5, 0.6) is 0 Å². The average molecular weight is 225 g/mol. The highest BCUT2D eigenvalue weighted by atomic mass is 16.2. The molecule has 2 fully saturated rings. The highest BCUT2D eigenvalue weighted by Gasteiger charge is 2.32. The van der Waals surface area contributed by atoms with Crippen LogP contribution in [-0.2, 0) is 9.59 Å². The highest BCUT2D eigenvalue weighted by molar-refractivity contribution is 5.89. The Kier molecular flexibility index (Phi) is 3.43. The molecule has 2 rings (SSSR count). The Labute approximate surface area is 95.6 Å². The molecule has 0 aromatic heterocycles. The van der Waals surface area contributed by atoms with Crippen LogP contribution < -0.4 is 10.6 Å². The number of likely N-dealkylation sites (tertiary alicyclic amines) is 1. The first kappa shape index (κ1) is 11.4. The Balaban J connectivity index is 1.84. The van der Waals surface area contributed by atoms with E-state index in [9.17, 15) is 9.59 Å². The zero-order valence-electron chi connectivity index (χ0n) is 9.66. The predicted molar refractivity (Wildman–Crippen MR) is 59.8 cm³/mol. The van der Waals surface area contributed by atoms with E-state index in [0.29, 0.717) is 0 Å². The van der Waals surface area contributed by atoms with Gasteiger partial charge >= 0.3 is 0 Å². The number of carbonyl (C=O) groups is 2. The van der Waals surface area contributed by atoms with Gasteiger partial charge in [-0.05, 0) is 25.8 Å². The van der Waals surface area contributed by atoms with E-state index in [1.807, 2.05) is 0 Å². The Morgan fingerprint density at radius 1 is 1.50 bits per heavy atom. The molecule has 0 aliphatic carbocycles. The Hall–Kier alpha value is -1.10. The molecule has 2 amide bonds. The van der Waals surface area contributed by atoms with E-state index in [0.717, 1.165) is 38.9 Å². The molecule has 0 aromatic rings. The summed E-state index contributed by atoms with van der Waals surface area (Å²) in [7, 11) is 1.77. The molecule has 0 aromatic carbocycles. The van der Waals surface area contributed by atoms with E-state index in [4.69, 9.17) is 0 Å². The second-order valence-corrected chi connectivity index (χ2v) is 4.65. The highest BCUT2D eigenvalue weighted by Crippen LogP contribution is 2.13. The van der Waals surface area contributed by atoms with Gasteiger partial charge in [0.05, 0.1) is 5.92 Å². The van der Waals surface area contributed by atoms with Crippen molar-refractivity contribution in [1.82, 2.24) is 15.5 Å². The van der Waals surface area contributed by atoms with E-state index in [1.54, 1.807) is 11.9 Å². The third-order valence-corrected chi connectivity index (χ3v) is 3.41. The summed E-state index contributed by atoms with van der Waals surface area (Å²) in [4.78, 5) is 25.2. The van der Waals surface area contributed by atoms with Gasteiger partial charge in [-0.15, -0.1) is 0 Å². The molecule has 0 radical (unpaired) electrons. The Bertz CT molecular complexity index is 287. The maximum absolute atomic E-state index is 11.9. The second-order valence-electron chi connectivity index (χ2n) is 4.65. The van der Waals surface area contributed by atoms with Gasteiger partial charge in [-0.2, -0.15) is 0 Å². The maximum Gasteiger partial charge on any atom is 0.244 e. The summed E-state index contributed by atoms with van der Waals surface area (Å²) < 4.78 is 0. The minimum Gasteiger partial charge on any atom is -0.344 e. The summed E-state index contributed by atoms with van der Waals surface area (Å²) in [6.07, 6.45) is 2.70. The lowest BCUT2D eigenvalue weighted by Crippen LogP contribution is -2.46. The van der Waals surface area contributed by atoms with Crippen LogP contribution in [0.15, 0.2) is 0 Å². The topological polar surface area (TPSA) is 61.4 Å². The molecule has 90 valence electrons. The van der Waals surface area contributed by atoms with E-state index in [1.165, 1.54) is 0 Å². The number of nitrogens with one attached hydrogen (secondary N) is 2. The molecule has 2 aliphatic rings. The lowest BCUT2D eigenvalue weighted by Gasteiger charge is -2.23. The molecule has 2 N–H and O–H groups in total. The van der Waals surface area contributed by atoms with Crippen molar-refractivity contribution < 1.29 is 9.59 Å². The molecule has 2 unspecified atom stereocenters. The number of hydrogen-bond acceptors (Lipinski definition) is 3. The van der Waals surface area contributed by atoms with Gasteiger partial charge in [0.2, 0.25) is 11.8 Å². The lowest BCUT2D eigenvalue weighted by molar-refractivity contribution is -0.133. The van der Waals surface area contributed by atoms with Gasteiger partial charge in [-0.3, -0.25) is 9.59 Å². The molecule has 16 heavy (non-hydrogen) atoms. The van der Waals surface area contributed by atoms with Crippen LogP contribution in [0.25, 0.3) is 0 Å². The average Bonchev–Trinajstić information content (AvgIpc) is 2.62. The van der Waals surface area contributed by atoms with Gasteiger partial charge in [0, 0.05) is 20.1 Å². The Morgan fingerprint density at radius 2 is 2.31 bits per heavy atom. The SMILES string of the molecule is CN1CCC(NC(=O)C2CCCNC2)C1=O. The van der Waals surface area contributed by atoms with Gasteiger partial charge < -0.3 is 15.5 Å². The first-order valence-electron chi connectivity index (χ1n) is 5.94. The molecule has 2 aliphatic heterocycles. The quantitative estimate of drug-likeness (QED) is 0.655. The number of carbonyl (C=O) groups excluding carboxylic acids is 2. The smallest absolute Gasteiger partial charge is 0.244 e. The molecule has 0 saturated carbocycles. The predicted octanol–water partition coefficient (Wildman–Crippen LogP) is -0.667. The maximum atomic E-state index is 11.9. The van der Waals surface area contributed by atoms with Gasteiger partial charge in [0.25, 0.3) is 0 Å². The van der Waals surface area contributed by atoms with Crippen molar-refractivity contribution in [3.8, 4) is 0 Å². The van der Waals surface area contributed by atoms with Gasteiger partial charge in [0.1, 0.15) is 6.04 Å². The molecule has 5 heteroatoms. The fourth-order valence-electron chi connectivity index (χ4n) is 2.32. The fourth-order valence-corrected chi connectivity index (χ4v) is 2.32. The van der Waals surface area contributed by atoms with Crippen molar-refractivity contribution in [2.75, 3.05) is 26.7 Å². The zero-order valence-corrected chi connectivity index (χ0v) is 9.66. The van der Waals surface area contributed by atoms with Crippen LogP contribution >= 0.6 is 0 Å². The van der Waals surface area contributed by atoms with Crippen LogP contribution in [0.3, 0.4) is 0 Å². The normalized spacial score (nSPS) is 30.6. The minimum atomic E-state index is -0.292. The van der Waals surface area contributed by atoms with Crippen LogP contribution in [0.1, 0.15) is 19.3 Å². The van der Waals surface area contributed by atoms with Crippen LogP contribution in [0.4, 0.5) is 0 Å². The summed E-state index contributed by atoms with van der Waals surface area (Å²) in [6.45, 7) is 2.48. The standard InChI is InChI=1S/C11H19N3O2/c1-14-6-4-9(11(14)16)13-10(15)8-3-2-5-12-7-8/h8-9,12H,2-7H2,1H3,(H,13,15). The second kappa shape index (κ2) is 4.82. The molecular formula is C11H19N3O2. The van der Waals surface area contributed by atoms with Crippen molar-refractivity contribution in [2.24, 2.45) is 5.92 Å². The van der Waals surface area contributed by atoms with Crippen molar-refractivity contribution in [1.29, 1.82) is 0 Å². The zero-order chi connectivity index (χ0) is 11.5. The van der Waals surface area contributed by atoms with Gasteiger partial charge in [-0.25, -0.2) is 0 Å². The minimum absolute atomic E-state index is 0.0286. The summed E-state index contributed by atoms with van der Waals surface area (Å²) >= 11 is 0. The molecule has 0 bridgehead atoms. The molecule has 2 heterocycles. The first-order chi connectivity index (χ1) is 7.68. The molecule has 2 atom stereocenters. The third kappa shape index (κ3) is 2.35. The first-order valence-corrected chi connectivity index (χ1v) is 5.94. The van der Waals surface area contributed by atoms with Gasteiger partial charge in [-0.1, -0.05) is 0 Å². The van der Waals surface area contributed by atoms with Crippen molar-refractivity contribution in [2.45, 2.75) is 25.3 Å². The number of rotatable bonds is 2. The monoisotopic (exact) mass is 225 g/mol. The number of nitrogens with zero attached hydrogens (tertiary/aromatic N) is 1. The number of amides is 2. The van der Waals surface area contributed by atoms with Crippen LogP contribution in [-0.4, -0.2) is 49.4 Å². The summed E-state index contributed by atoms with van der Waals surface area (Å²) in [5.41, 5.74) is 0. The van der Waals surface area contributed by atoms with Gasteiger partial charge in [0.15, 0.2) is 0 Å². The van der Waals surface area contributed by atoms with Crippen molar-refractivity contribution in [3.05, 3.63) is 0 Å². The summed E-state index contributed by atoms with van der Waals surface area (Å²) in [5, 5.41) is 6.06. The van der Waals surface area contributed by atoms with Crippen molar-refractivity contribution in [3.63, 3.8) is 0 Å². The molecular weight excluding hydrogens is 206 g/mol. The number of piperidine rings is 1. The molecule has 5 nitrogen and oxygen atoms in total. The van der Waals surface area contributed by atoms with Crippen LogP contribution in [0.2, 0.25) is 0 Å².